The highest BCUT2D eigenvalue weighted by Crippen LogP contribution is 2.09. The molecule has 2 heterocycles. The highest BCUT2D eigenvalue weighted by molar-refractivity contribution is 5.79. The predicted molar refractivity (Wildman–Crippen MR) is 101 cm³/mol. The average Bonchev–Trinajstić information content (AvgIpc) is 3.02. The van der Waals surface area contributed by atoms with Gasteiger partial charge in [0.25, 0.3) is 0 Å². The molecule has 0 aliphatic carbocycles. The minimum absolute atomic E-state index is 0.276. The minimum Gasteiger partial charge on any atom is -0.378 e. The quantitative estimate of drug-likeness (QED) is 0.536. The Hall–Kier alpha value is -2.15. The summed E-state index contributed by atoms with van der Waals surface area (Å²) in [4.78, 5) is 4.27. The average molecular weight is 346 g/mol. The van der Waals surface area contributed by atoms with E-state index in [0.29, 0.717) is 5.92 Å². The van der Waals surface area contributed by atoms with Crippen LogP contribution in [0.1, 0.15) is 33.0 Å². The van der Waals surface area contributed by atoms with Gasteiger partial charge in [-0.05, 0) is 31.4 Å². The van der Waals surface area contributed by atoms with Crippen LogP contribution in [0.5, 0.6) is 0 Å². The number of nitrogens with zero attached hydrogens (tertiary/aromatic N) is 4. The van der Waals surface area contributed by atoms with Crippen LogP contribution in [0.2, 0.25) is 0 Å². The van der Waals surface area contributed by atoms with E-state index >= 15 is 0 Å². The van der Waals surface area contributed by atoms with E-state index in [2.05, 4.69) is 39.7 Å². The molecule has 7 heteroatoms. The molecule has 0 fully saturated rings. The monoisotopic (exact) mass is 346 g/mol. The van der Waals surface area contributed by atoms with E-state index in [1.54, 1.807) is 7.05 Å². The van der Waals surface area contributed by atoms with Crippen molar-refractivity contribution in [1.29, 1.82) is 0 Å². The van der Waals surface area contributed by atoms with Crippen LogP contribution in [0.25, 0.3) is 5.65 Å². The van der Waals surface area contributed by atoms with Gasteiger partial charge >= 0.3 is 0 Å². The van der Waals surface area contributed by atoms with Crippen molar-refractivity contribution in [1.82, 2.24) is 25.2 Å². The van der Waals surface area contributed by atoms with E-state index < -0.39 is 0 Å². The molecule has 0 saturated carbocycles. The van der Waals surface area contributed by atoms with Crippen LogP contribution in [0.15, 0.2) is 29.4 Å². The number of hydrogen-bond donors (Lipinski definition) is 2. The van der Waals surface area contributed by atoms with E-state index in [0.717, 1.165) is 50.0 Å². The third-order valence-electron chi connectivity index (χ3n) is 4.09. The largest absolute Gasteiger partial charge is 0.378 e. The Kier molecular flexibility index (Phi) is 7.66. The molecule has 138 valence electrons. The molecule has 25 heavy (non-hydrogen) atoms. The first kappa shape index (κ1) is 19.2. The molecule has 0 aliphatic rings. The van der Waals surface area contributed by atoms with Crippen LogP contribution < -0.4 is 10.6 Å². The van der Waals surface area contributed by atoms with E-state index in [9.17, 15) is 0 Å². The van der Waals surface area contributed by atoms with Gasteiger partial charge < -0.3 is 15.4 Å². The first-order chi connectivity index (χ1) is 12.2. The second-order valence-electron chi connectivity index (χ2n) is 6.25. The van der Waals surface area contributed by atoms with Gasteiger partial charge in [-0.3, -0.25) is 9.39 Å². The summed E-state index contributed by atoms with van der Waals surface area (Å²) >= 11 is 0. The van der Waals surface area contributed by atoms with Crippen LogP contribution in [-0.4, -0.2) is 53.4 Å². The van der Waals surface area contributed by atoms with Crippen molar-refractivity contribution >= 4 is 11.6 Å². The summed E-state index contributed by atoms with van der Waals surface area (Å²) in [5.74, 6) is 2.25. The molecule has 2 aromatic rings. The highest BCUT2D eigenvalue weighted by atomic mass is 16.5. The summed E-state index contributed by atoms with van der Waals surface area (Å²) in [6, 6.07) is 5.90. The lowest BCUT2D eigenvalue weighted by Gasteiger charge is -2.21. The lowest BCUT2D eigenvalue weighted by molar-refractivity contribution is 0.0258. The molecule has 2 N–H and O–H groups in total. The van der Waals surface area contributed by atoms with Crippen LogP contribution in [-0.2, 0) is 11.2 Å². The van der Waals surface area contributed by atoms with Gasteiger partial charge in [0.05, 0.1) is 6.10 Å². The molecular formula is C18H30N6O. The summed E-state index contributed by atoms with van der Waals surface area (Å²) in [6.07, 6.45) is 4.00. The van der Waals surface area contributed by atoms with Crippen molar-refractivity contribution in [3.05, 3.63) is 30.2 Å². The molecule has 0 aliphatic heterocycles. The fraction of sp³-hybridized carbons (Fsp3) is 0.611. The maximum atomic E-state index is 5.77. The Morgan fingerprint density at radius 2 is 2.04 bits per heavy atom. The molecule has 2 aromatic heterocycles. The standard InChI is InChI=1S/C18H30N6O/c1-5-25-15(14(2)3)9-11-20-18(19-4)21-12-10-17-23-22-16-8-6-7-13-24(16)17/h6-8,13-15H,5,9-12H2,1-4H3,(H2,19,20,21). The number of nitrogens with one attached hydrogen (secondary N) is 2. The zero-order valence-electron chi connectivity index (χ0n) is 15.7. The minimum atomic E-state index is 0.276. The first-order valence-electron chi connectivity index (χ1n) is 9.00. The SMILES string of the molecule is CCOC(CCNC(=NC)NCCc1nnc2ccccn12)C(C)C. The van der Waals surface area contributed by atoms with Gasteiger partial charge in [0.15, 0.2) is 11.6 Å². The van der Waals surface area contributed by atoms with Crippen LogP contribution in [0.4, 0.5) is 0 Å². The molecule has 0 amide bonds. The molecule has 0 bridgehead atoms. The van der Waals surface area contributed by atoms with Gasteiger partial charge in [0.1, 0.15) is 5.82 Å². The fourth-order valence-electron chi connectivity index (χ4n) is 2.73. The normalized spacial score (nSPS) is 13.4. The van der Waals surface area contributed by atoms with Crippen molar-refractivity contribution in [2.75, 3.05) is 26.7 Å². The van der Waals surface area contributed by atoms with E-state index in [1.807, 2.05) is 35.7 Å². The summed E-state index contributed by atoms with van der Waals surface area (Å²) in [5, 5.41) is 15.1. The lowest BCUT2D eigenvalue weighted by Crippen LogP contribution is -2.40. The van der Waals surface area contributed by atoms with Crippen molar-refractivity contribution < 1.29 is 4.74 Å². The van der Waals surface area contributed by atoms with E-state index in [1.165, 1.54) is 0 Å². The maximum absolute atomic E-state index is 5.77. The predicted octanol–water partition coefficient (Wildman–Crippen LogP) is 1.89. The molecule has 7 nitrogen and oxygen atoms in total. The summed E-state index contributed by atoms with van der Waals surface area (Å²) in [6.45, 7) is 8.75. The Bertz CT molecular complexity index is 666. The molecule has 1 unspecified atom stereocenters. The molecule has 0 aromatic carbocycles. The summed E-state index contributed by atoms with van der Waals surface area (Å²) < 4.78 is 7.78. The second-order valence-corrected chi connectivity index (χ2v) is 6.25. The number of fused-ring (bicyclic) bond motifs is 1. The fourth-order valence-corrected chi connectivity index (χ4v) is 2.73. The number of pyridine rings is 1. The van der Waals surface area contributed by atoms with Crippen molar-refractivity contribution in [2.24, 2.45) is 10.9 Å². The van der Waals surface area contributed by atoms with E-state index in [-0.39, 0.29) is 6.10 Å². The Morgan fingerprint density at radius 3 is 2.76 bits per heavy atom. The number of rotatable bonds is 9. The zero-order chi connectivity index (χ0) is 18.1. The number of hydrogen-bond acceptors (Lipinski definition) is 4. The molecule has 0 saturated heterocycles. The zero-order valence-corrected chi connectivity index (χ0v) is 15.7. The third kappa shape index (κ3) is 5.70. The Labute approximate surface area is 149 Å². The maximum Gasteiger partial charge on any atom is 0.190 e. The topological polar surface area (TPSA) is 75.8 Å². The van der Waals surface area contributed by atoms with Gasteiger partial charge in [0.2, 0.25) is 0 Å². The Morgan fingerprint density at radius 1 is 1.24 bits per heavy atom. The highest BCUT2D eigenvalue weighted by Gasteiger charge is 2.13. The summed E-state index contributed by atoms with van der Waals surface area (Å²) in [7, 11) is 1.78. The second kappa shape index (κ2) is 9.98. The molecular weight excluding hydrogens is 316 g/mol. The molecule has 0 radical (unpaired) electrons. The summed E-state index contributed by atoms with van der Waals surface area (Å²) in [5.41, 5.74) is 0.871. The third-order valence-corrected chi connectivity index (χ3v) is 4.09. The number of ether oxygens (including phenoxy) is 1. The van der Waals surface area contributed by atoms with Crippen molar-refractivity contribution in [3.8, 4) is 0 Å². The molecule has 1 atom stereocenters. The smallest absolute Gasteiger partial charge is 0.190 e. The number of guanidine groups is 1. The number of aliphatic imine (C=N–C) groups is 1. The van der Waals surface area contributed by atoms with Gasteiger partial charge in [-0.25, -0.2) is 0 Å². The Balaban J connectivity index is 1.75. The first-order valence-corrected chi connectivity index (χ1v) is 9.00. The van der Waals surface area contributed by atoms with Crippen LogP contribution in [0.3, 0.4) is 0 Å². The van der Waals surface area contributed by atoms with Crippen LogP contribution >= 0.6 is 0 Å². The lowest BCUT2D eigenvalue weighted by atomic mass is 10.0. The molecule has 0 spiro atoms. The van der Waals surface area contributed by atoms with Gasteiger partial charge in [-0.1, -0.05) is 19.9 Å². The van der Waals surface area contributed by atoms with Gasteiger partial charge in [-0.2, -0.15) is 0 Å². The van der Waals surface area contributed by atoms with Gasteiger partial charge in [0, 0.05) is 39.4 Å². The number of aromatic nitrogens is 3. The van der Waals surface area contributed by atoms with Crippen molar-refractivity contribution in [2.45, 2.75) is 39.7 Å². The van der Waals surface area contributed by atoms with Crippen molar-refractivity contribution in [3.63, 3.8) is 0 Å². The van der Waals surface area contributed by atoms with E-state index in [4.69, 9.17) is 4.74 Å². The van der Waals surface area contributed by atoms with Crippen LogP contribution in [0, 0.1) is 5.92 Å². The van der Waals surface area contributed by atoms with Gasteiger partial charge in [-0.15, -0.1) is 10.2 Å². The molecule has 2 rings (SSSR count).